The third-order valence-electron chi connectivity index (χ3n) is 2.23. The second kappa shape index (κ2) is 4.02. The third-order valence-corrected chi connectivity index (χ3v) is 4.46. The quantitative estimate of drug-likeness (QED) is 0.799. The Morgan fingerprint density at radius 1 is 1.44 bits per heavy atom. The molecule has 16 heavy (non-hydrogen) atoms. The molecule has 0 aromatic carbocycles. The van der Waals surface area contributed by atoms with E-state index in [9.17, 15) is 4.79 Å². The monoisotopic (exact) mass is 255 g/mol. The van der Waals surface area contributed by atoms with Crippen LogP contribution in [0, 0.1) is 0 Å². The number of aromatic amines is 2. The Hall–Kier alpha value is -1.15. The Morgan fingerprint density at radius 3 is 3.00 bits per heavy atom. The number of aromatic nitrogens is 5. The van der Waals surface area contributed by atoms with Gasteiger partial charge in [0, 0.05) is 5.92 Å². The van der Waals surface area contributed by atoms with Crippen LogP contribution in [0.1, 0.15) is 29.6 Å². The van der Waals surface area contributed by atoms with Gasteiger partial charge in [0.25, 0.3) is 0 Å². The third kappa shape index (κ3) is 2.17. The van der Waals surface area contributed by atoms with Crippen LogP contribution in [0.25, 0.3) is 0 Å². The maximum absolute atomic E-state index is 10.8. The molecule has 1 aliphatic carbocycles. The highest BCUT2D eigenvalue weighted by atomic mass is 32.2. The minimum atomic E-state index is -0.272. The molecule has 0 unspecified atom stereocenters. The average molecular weight is 255 g/mol. The SMILES string of the molecule is O=c1[nH]nc(CSc2nnc(C3CC3)s2)[nH]1. The van der Waals surface area contributed by atoms with E-state index in [1.807, 2.05) is 0 Å². The second-order valence-corrected chi connectivity index (χ2v) is 5.83. The predicted octanol–water partition coefficient (Wildman–Crippen LogP) is 1.12. The highest BCUT2D eigenvalue weighted by Crippen LogP contribution is 2.42. The van der Waals surface area contributed by atoms with E-state index in [1.54, 1.807) is 23.1 Å². The molecular weight excluding hydrogens is 246 g/mol. The molecule has 0 radical (unpaired) electrons. The first-order chi connectivity index (χ1) is 7.81. The van der Waals surface area contributed by atoms with E-state index >= 15 is 0 Å². The zero-order valence-electron chi connectivity index (χ0n) is 8.27. The molecule has 1 aliphatic rings. The van der Waals surface area contributed by atoms with Crippen LogP contribution in [0.4, 0.5) is 0 Å². The van der Waals surface area contributed by atoms with Gasteiger partial charge in [-0.1, -0.05) is 23.1 Å². The molecule has 0 saturated heterocycles. The lowest BCUT2D eigenvalue weighted by Gasteiger charge is -1.90. The van der Waals surface area contributed by atoms with Crippen molar-refractivity contribution in [3.8, 4) is 0 Å². The van der Waals surface area contributed by atoms with Gasteiger partial charge in [-0.05, 0) is 12.8 Å². The zero-order chi connectivity index (χ0) is 11.0. The molecule has 8 heteroatoms. The molecule has 2 aromatic heterocycles. The summed E-state index contributed by atoms with van der Waals surface area (Å²) in [7, 11) is 0. The van der Waals surface area contributed by atoms with Gasteiger partial charge in [0.2, 0.25) is 0 Å². The first kappa shape index (κ1) is 10.0. The number of nitrogens with zero attached hydrogens (tertiary/aromatic N) is 3. The van der Waals surface area contributed by atoms with Crippen LogP contribution in [0.15, 0.2) is 9.13 Å². The molecule has 0 aliphatic heterocycles. The smallest absolute Gasteiger partial charge is 0.292 e. The number of rotatable bonds is 4. The highest BCUT2D eigenvalue weighted by molar-refractivity contribution is 8.00. The van der Waals surface area contributed by atoms with E-state index in [2.05, 4.69) is 25.4 Å². The molecule has 0 amide bonds. The molecule has 0 spiro atoms. The molecule has 0 bridgehead atoms. The lowest BCUT2D eigenvalue weighted by atomic mass is 10.5. The van der Waals surface area contributed by atoms with Gasteiger partial charge in [-0.3, -0.25) is 4.98 Å². The molecular formula is C8H9N5OS2. The number of nitrogens with one attached hydrogen (secondary N) is 2. The first-order valence-corrected chi connectivity index (χ1v) is 6.71. The normalized spacial score (nSPS) is 15.5. The lowest BCUT2D eigenvalue weighted by Crippen LogP contribution is -2.00. The number of hydrogen-bond acceptors (Lipinski definition) is 6. The van der Waals surface area contributed by atoms with E-state index < -0.39 is 0 Å². The second-order valence-electron chi connectivity index (χ2n) is 3.59. The van der Waals surface area contributed by atoms with Crippen molar-refractivity contribution in [1.82, 2.24) is 25.4 Å². The molecule has 1 fully saturated rings. The summed E-state index contributed by atoms with van der Waals surface area (Å²) in [6.07, 6.45) is 2.48. The topological polar surface area (TPSA) is 87.3 Å². The van der Waals surface area contributed by atoms with Gasteiger partial charge >= 0.3 is 5.69 Å². The van der Waals surface area contributed by atoms with Crippen LogP contribution in [0.5, 0.6) is 0 Å². The molecule has 1 saturated carbocycles. The van der Waals surface area contributed by atoms with E-state index in [0.717, 1.165) is 9.35 Å². The average Bonchev–Trinajstić information content (AvgIpc) is 2.87. The van der Waals surface area contributed by atoms with Crippen LogP contribution < -0.4 is 5.69 Å². The van der Waals surface area contributed by atoms with E-state index in [1.165, 1.54) is 12.8 Å². The Morgan fingerprint density at radius 2 is 2.31 bits per heavy atom. The van der Waals surface area contributed by atoms with Crippen LogP contribution >= 0.6 is 23.1 Å². The van der Waals surface area contributed by atoms with Crippen molar-refractivity contribution < 1.29 is 0 Å². The van der Waals surface area contributed by atoms with Crippen LogP contribution in [0.2, 0.25) is 0 Å². The fraction of sp³-hybridized carbons (Fsp3) is 0.500. The van der Waals surface area contributed by atoms with Gasteiger partial charge in [0.15, 0.2) is 4.34 Å². The minimum Gasteiger partial charge on any atom is -0.292 e. The molecule has 2 aromatic rings. The van der Waals surface area contributed by atoms with Crippen molar-refractivity contribution in [3.63, 3.8) is 0 Å². The fourth-order valence-electron chi connectivity index (χ4n) is 1.28. The summed E-state index contributed by atoms with van der Waals surface area (Å²) in [5.74, 6) is 1.90. The van der Waals surface area contributed by atoms with Crippen LogP contribution in [-0.4, -0.2) is 25.4 Å². The van der Waals surface area contributed by atoms with Gasteiger partial charge in [-0.2, -0.15) is 5.10 Å². The lowest BCUT2D eigenvalue weighted by molar-refractivity contribution is 0.936. The molecule has 2 N–H and O–H groups in total. The molecule has 6 nitrogen and oxygen atoms in total. The van der Waals surface area contributed by atoms with Gasteiger partial charge in [0.1, 0.15) is 10.8 Å². The zero-order valence-corrected chi connectivity index (χ0v) is 9.90. The summed E-state index contributed by atoms with van der Waals surface area (Å²) in [6, 6.07) is 0. The van der Waals surface area contributed by atoms with Crippen LogP contribution in [-0.2, 0) is 5.75 Å². The van der Waals surface area contributed by atoms with Crippen molar-refractivity contribution in [3.05, 3.63) is 21.3 Å². The van der Waals surface area contributed by atoms with Crippen molar-refractivity contribution >= 4 is 23.1 Å². The molecule has 2 heterocycles. The maximum Gasteiger partial charge on any atom is 0.340 e. The molecule has 84 valence electrons. The number of thioether (sulfide) groups is 1. The first-order valence-electron chi connectivity index (χ1n) is 4.91. The summed E-state index contributed by atoms with van der Waals surface area (Å²) < 4.78 is 0.936. The largest absolute Gasteiger partial charge is 0.340 e. The van der Waals surface area contributed by atoms with Crippen LogP contribution in [0.3, 0.4) is 0 Å². The van der Waals surface area contributed by atoms with Gasteiger partial charge in [-0.15, -0.1) is 10.2 Å². The van der Waals surface area contributed by atoms with E-state index in [-0.39, 0.29) is 5.69 Å². The van der Waals surface area contributed by atoms with Crippen molar-refractivity contribution in [2.24, 2.45) is 0 Å². The number of hydrogen-bond donors (Lipinski definition) is 2. The Kier molecular flexibility index (Phi) is 2.52. The standard InChI is InChI=1S/C8H9N5OS2/c14-7-9-5(10-12-7)3-15-8-13-11-6(16-8)4-1-2-4/h4H,1-3H2,(H2,9,10,12,14). The highest BCUT2D eigenvalue weighted by Gasteiger charge is 2.27. The fourth-order valence-corrected chi connectivity index (χ4v) is 3.19. The summed E-state index contributed by atoms with van der Waals surface area (Å²) >= 11 is 3.19. The van der Waals surface area contributed by atoms with Gasteiger partial charge in [0.05, 0.1) is 5.75 Å². The number of H-pyrrole nitrogens is 2. The summed E-state index contributed by atoms with van der Waals surface area (Å²) in [4.78, 5) is 13.4. The van der Waals surface area contributed by atoms with Gasteiger partial charge in [-0.25, -0.2) is 9.89 Å². The Labute approximate surface area is 98.9 Å². The minimum absolute atomic E-state index is 0.272. The van der Waals surface area contributed by atoms with E-state index in [0.29, 0.717) is 17.5 Å². The maximum atomic E-state index is 10.8. The Bertz CT molecular complexity index is 540. The Balaban J connectivity index is 1.63. The summed E-state index contributed by atoms with van der Waals surface area (Å²) in [5.41, 5.74) is -0.272. The molecule has 3 rings (SSSR count). The van der Waals surface area contributed by atoms with Crippen molar-refractivity contribution in [2.45, 2.75) is 28.9 Å². The van der Waals surface area contributed by atoms with Crippen molar-refractivity contribution in [2.75, 3.05) is 0 Å². The summed E-state index contributed by atoms with van der Waals surface area (Å²) in [6.45, 7) is 0. The summed E-state index contributed by atoms with van der Waals surface area (Å²) in [5, 5.41) is 15.5. The predicted molar refractivity (Wildman–Crippen MR) is 60.7 cm³/mol. The van der Waals surface area contributed by atoms with Gasteiger partial charge < -0.3 is 0 Å². The molecule has 0 atom stereocenters. The van der Waals surface area contributed by atoms with E-state index in [4.69, 9.17) is 0 Å². The van der Waals surface area contributed by atoms with Crippen molar-refractivity contribution in [1.29, 1.82) is 0 Å².